The zero-order valence-corrected chi connectivity index (χ0v) is 10.1. The number of rotatable bonds is 1. The molecule has 1 saturated heterocycles. The average Bonchev–Trinajstić information content (AvgIpc) is 2.53. The van der Waals surface area contributed by atoms with Crippen LogP contribution in [0.3, 0.4) is 0 Å². The maximum atomic E-state index is 11.7. The lowest BCUT2D eigenvalue weighted by atomic mass is 10.2. The van der Waals surface area contributed by atoms with E-state index in [4.69, 9.17) is 5.73 Å². The van der Waals surface area contributed by atoms with Gasteiger partial charge in [-0.3, -0.25) is 4.79 Å². The van der Waals surface area contributed by atoms with E-state index < -0.39 is 0 Å². The number of benzene rings is 1. The van der Waals surface area contributed by atoms with E-state index >= 15 is 0 Å². The fraction of sp³-hybridized carbons (Fsp3) is 0.364. The van der Waals surface area contributed by atoms with Gasteiger partial charge >= 0.3 is 0 Å². The Morgan fingerprint density at radius 1 is 1.53 bits per heavy atom. The van der Waals surface area contributed by atoms with E-state index in [1.54, 1.807) is 4.90 Å². The van der Waals surface area contributed by atoms with Gasteiger partial charge in [0.15, 0.2) is 0 Å². The largest absolute Gasteiger partial charge is 0.320 e. The minimum absolute atomic E-state index is 0.0247. The summed E-state index contributed by atoms with van der Waals surface area (Å²) in [5.74, 6) is 0.0247. The first kappa shape index (κ1) is 10.6. The molecule has 0 bridgehead atoms. The molecular weight excluding hydrogens is 256 g/mol. The second kappa shape index (κ2) is 3.94. The number of carbonyl (C=O) groups is 1. The summed E-state index contributed by atoms with van der Waals surface area (Å²) in [6, 6.07) is 5.57. The van der Waals surface area contributed by atoms with Gasteiger partial charge in [-0.05, 0) is 37.1 Å². The molecule has 1 amide bonds. The Hall–Kier alpha value is -0.870. The molecule has 2 rings (SSSR count). The van der Waals surface area contributed by atoms with Crippen LogP contribution in [0, 0.1) is 6.92 Å². The van der Waals surface area contributed by atoms with Crippen LogP contribution in [0.25, 0.3) is 0 Å². The second-order valence-corrected chi connectivity index (χ2v) is 4.67. The molecule has 1 aliphatic rings. The standard InChI is InChI=1S/C11H13BrN2O/c1-7-6-8(2-3-9(7)12)14-5-4-10(13)11(14)15/h2-3,6,10H,4-5,13H2,1H3. The van der Waals surface area contributed by atoms with Gasteiger partial charge in [-0.1, -0.05) is 15.9 Å². The number of anilines is 1. The summed E-state index contributed by atoms with van der Waals surface area (Å²) in [5, 5.41) is 0. The number of amides is 1. The smallest absolute Gasteiger partial charge is 0.243 e. The van der Waals surface area contributed by atoms with Crippen LogP contribution in [0.15, 0.2) is 22.7 Å². The maximum absolute atomic E-state index is 11.7. The van der Waals surface area contributed by atoms with Gasteiger partial charge < -0.3 is 10.6 Å². The molecule has 2 N–H and O–H groups in total. The summed E-state index contributed by atoms with van der Waals surface area (Å²) < 4.78 is 1.06. The van der Waals surface area contributed by atoms with Gasteiger partial charge in [0.1, 0.15) is 0 Å². The van der Waals surface area contributed by atoms with Crippen molar-refractivity contribution >= 4 is 27.5 Å². The molecule has 1 aromatic rings. The zero-order chi connectivity index (χ0) is 11.0. The Bertz CT molecular complexity index is 406. The molecule has 0 spiro atoms. The predicted octanol–water partition coefficient (Wildman–Crippen LogP) is 1.82. The zero-order valence-electron chi connectivity index (χ0n) is 8.53. The molecule has 0 saturated carbocycles. The first-order valence-corrected chi connectivity index (χ1v) is 5.72. The Labute approximate surface area is 97.4 Å². The van der Waals surface area contributed by atoms with Crippen LogP contribution in [0.2, 0.25) is 0 Å². The number of nitrogens with zero attached hydrogens (tertiary/aromatic N) is 1. The Balaban J connectivity index is 2.31. The van der Waals surface area contributed by atoms with Gasteiger partial charge in [0.25, 0.3) is 0 Å². The number of halogens is 1. The van der Waals surface area contributed by atoms with Crippen molar-refractivity contribution in [1.29, 1.82) is 0 Å². The molecule has 0 radical (unpaired) electrons. The number of carbonyl (C=O) groups excluding carboxylic acids is 1. The lowest BCUT2D eigenvalue weighted by Crippen LogP contribution is -2.33. The first-order chi connectivity index (χ1) is 7.09. The van der Waals surface area contributed by atoms with Gasteiger partial charge in [-0.2, -0.15) is 0 Å². The predicted molar refractivity (Wildman–Crippen MR) is 63.8 cm³/mol. The van der Waals surface area contributed by atoms with Gasteiger partial charge in [0.05, 0.1) is 6.04 Å². The van der Waals surface area contributed by atoms with Crippen molar-refractivity contribution in [2.75, 3.05) is 11.4 Å². The molecule has 4 heteroatoms. The summed E-state index contributed by atoms with van der Waals surface area (Å²) >= 11 is 3.44. The Kier molecular flexibility index (Phi) is 2.80. The van der Waals surface area contributed by atoms with E-state index in [-0.39, 0.29) is 11.9 Å². The quantitative estimate of drug-likeness (QED) is 0.845. The topological polar surface area (TPSA) is 46.3 Å². The lowest BCUT2D eigenvalue weighted by molar-refractivity contribution is -0.118. The van der Waals surface area contributed by atoms with Crippen molar-refractivity contribution in [1.82, 2.24) is 0 Å². The highest BCUT2D eigenvalue weighted by Crippen LogP contribution is 2.25. The molecule has 1 heterocycles. The first-order valence-electron chi connectivity index (χ1n) is 4.92. The Morgan fingerprint density at radius 3 is 2.80 bits per heavy atom. The van der Waals surface area contributed by atoms with Crippen molar-refractivity contribution in [3.63, 3.8) is 0 Å². The van der Waals surface area contributed by atoms with E-state index in [1.165, 1.54) is 0 Å². The van der Waals surface area contributed by atoms with Crippen LogP contribution in [-0.4, -0.2) is 18.5 Å². The van der Waals surface area contributed by atoms with E-state index in [0.29, 0.717) is 0 Å². The van der Waals surface area contributed by atoms with Crippen LogP contribution in [0.1, 0.15) is 12.0 Å². The summed E-state index contributed by atoms with van der Waals surface area (Å²) in [7, 11) is 0. The molecule has 1 atom stereocenters. The molecule has 0 aliphatic carbocycles. The van der Waals surface area contributed by atoms with Crippen molar-refractivity contribution < 1.29 is 4.79 Å². The van der Waals surface area contributed by atoms with Gasteiger partial charge in [-0.15, -0.1) is 0 Å². The summed E-state index contributed by atoms with van der Waals surface area (Å²) in [6.07, 6.45) is 0.744. The third-order valence-corrected chi connectivity index (χ3v) is 3.59. The molecule has 1 aromatic carbocycles. The second-order valence-electron chi connectivity index (χ2n) is 3.82. The number of aryl methyl sites for hydroxylation is 1. The molecule has 15 heavy (non-hydrogen) atoms. The summed E-state index contributed by atoms with van der Waals surface area (Å²) in [5.41, 5.74) is 7.74. The molecular formula is C11H13BrN2O. The average molecular weight is 269 g/mol. The SMILES string of the molecule is Cc1cc(N2CCC(N)C2=O)ccc1Br. The summed E-state index contributed by atoms with van der Waals surface area (Å²) in [6.45, 7) is 2.73. The van der Waals surface area contributed by atoms with E-state index in [1.807, 2.05) is 25.1 Å². The number of hydrogen-bond donors (Lipinski definition) is 1. The molecule has 80 valence electrons. The fourth-order valence-corrected chi connectivity index (χ4v) is 2.00. The highest BCUT2D eigenvalue weighted by atomic mass is 79.9. The monoisotopic (exact) mass is 268 g/mol. The minimum atomic E-state index is -0.325. The Morgan fingerprint density at radius 2 is 2.27 bits per heavy atom. The lowest BCUT2D eigenvalue weighted by Gasteiger charge is -2.17. The normalized spacial score (nSPS) is 21.1. The molecule has 0 aromatic heterocycles. The van der Waals surface area contributed by atoms with Crippen LogP contribution in [0.4, 0.5) is 5.69 Å². The van der Waals surface area contributed by atoms with Crippen LogP contribution >= 0.6 is 15.9 Å². The van der Waals surface area contributed by atoms with Gasteiger partial charge in [0.2, 0.25) is 5.91 Å². The highest BCUT2D eigenvalue weighted by molar-refractivity contribution is 9.10. The van der Waals surface area contributed by atoms with Crippen molar-refractivity contribution in [2.24, 2.45) is 5.73 Å². The molecule has 1 aliphatic heterocycles. The van der Waals surface area contributed by atoms with Crippen LogP contribution in [-0.2, 0) is 4.79 Å². The third kappa shape index (κ3) is 1.92. The van der Waals surface area contributed by atoms with E-state index in [2.05, 4.69) is 15.9 Å². The van der Waals surface area contributed by atoms with Crippen LogP contribution < -0.4 is 10.6 Å². The van der Waals surface area contributed by atoms with Gasteiger partial charge in [0, 0.05) is 16.7 Å². The van der Waals surface area contributed by atoms with Gasteiger partial charge in [-0.25, -0.2) is 0 Å². The van der Waals surface area contributed by atoms with Crippen LogP contribution in [0.5, 0.6) is 0 Å². The number of nitrogens with two attached hydrogens (primary N) is 1. The molecule has 3 nitrogen and oxygen atoms in total. The van der Waals surface area contributed by atoms with E-state index in [9.17, 15) is 4.79 Å². The van der Waals surface area contributed by atoms with Crippen molar-refractivity contribution in [3.05, 3.63) is 28.2 Å². The van der Waals surface area contributed by atoms with E-state index in [0.717, 1.165) is 28.7 Å². The van der Waals surface area contributed by atoms with Crippen molar-refractivity contribution in [2.45, 2.75) is 19.4 Å². The number of hydrogen-bond acceptors (Lipinski definition) is 2. The third-order valence-electron chi connectivity index (χ3n) is 2.70. The molecule has 1 unspecified atom stereocenters. The summed E-state index contributed by atoms with van der Waals surface area (Å²) in [4.78, 5) is 13.4. The van der Waals surface area contributed by atoms with Crippen molar-refractivity contribution in [3.8, 4) is 0 Å². The fourth-order valence-electron chi connectivity index (χ4n) is 1.76. The maximum Gasteiger partial charge on any atom is 0.243 e. The highest BCUT2D eigenvalue weighted by Gasteiger charge is 2.29. The molecule has 1 fully saturated rings. The minimum Gasteiger partial charge on any atom is -0.320 e.